The van der Waals surface area contributed by atoms with Gasteiger partial charge in [0.1, 0.15) is 17.5 Å². The average molecular weight is 319 g/mol. The van der Waals surface area contributed by atoms with E-state index in [1.165, 1.54) is 0 Å². The molecular weight excluding hydrogens is 309 g/mol. The van der Waals surface area contributed by atoms with Gasteiger partial charge < -0.3 is 5.11 Å². The zero-order valence-electron chi connectivity index (χ0n) is 9.86. The third kappa shape index (κ3) is 3.64. The van der Waals surface area contributed by atoms with Crippen LogP contribution in [0.1, 0.15) is 0 Å². The first-order chi connectivity index (χ1) is 9.20. The van der Waals surface area contributed by atoms with Crippen LogP contribution in [0, 0.1) is 17.5 Å². The van der Waals surface area contributed by atoms with Crippen molar-refractivity contribution >= 4 is 10.0 Å². The van der Waals surface area contributed by atoms with E-state index >= 15 is 0 Å². The van der Waals surface area contributed by atoms with E-state index in [0.29, 0.717) is 0 Å². The van der Waals surface area contributed by atoms with Gasteiger partial charge in [-0.05, 0) is 0 Å². The van der Waals surface area contributed by atoms with E-state index in [2.05, 4.69) is 0 Å². The Hall–Kier alpha value is -1.26. The highest BCUT2D eigenvalue weighted by atomic mass is 32.2. The number of sulfonamides is 1. The molecular formula is C10H10F5NO3S. The fraction of sp³-hybridized carbons (Fsp3) is 0.400. The molecule has 0 aliphatic rings. The fourth-order valence-corrected chi connectivity index (χ4v) is 2.98. The Kier molecular flexibility index (Phi) is 5.42. The second-order valence-electron chi connectivity index (χ2n) is 3.68. The minimum Gasteiger partial charge on any atom is -0.395 e. The van der Waals surface area contributed by atoms with Gasteiger partial charge in [-0.2, -0.15) is 4.31 Å². The van der Waals surface area contributed by atoms with Crippen molar-refractivity contribution in [1.82, 2.24) is 4.31 Å². The molecule has 114 valence electrons. The van der Waals surface area contributed by atoms with Crippen LogP contribution in [0.5, 0.6) is 0 Å². The van der Waals surface area contributed by atoms with E-state index in [9.17, 15) is 30.4 Å². The lowest BCUT2D eigenvalue weighted by Crippen LogP contribution is -2.38. The van der Waals surface area contributed by atoms with Gasteiger partial charge in [0.05, 0.1) is 13.2 Å². The molecule has 0 radical (unpaired) electrons. The standard InChI is InChI=1S/C10H10F5NO3S/c11-6-3-7(12)10(8(13)4-6)20(18,19)16(1-2-17)5-9(14)15/h3-4,9,17H,1-2,5H2. The number of rotatable bonds is 6. The average Bonchev–Trinajstić information content (AvgIpc) is 2.25. The molecule has 0 fully saturated rings. The van der Waals surface area contributed by atoms with Gasteiger partial charge in [-0.15, -0.1) is 0 Å². The van der Waals surface area contributed by atoms with Crippen LogP contribution in [0.25, 0.3) is 0 Å². The number of hydrogen-bond acceptors (Lipinski definition) is 3. The number of hydrogen-bond donors (Lipinski definition) is 1. The highest BCUT2D eigenvalue weighted by Crippen LogP contribution is 2.24. The maximum absolute atomic E-state index is 13.4. The summed E-state index contributed by atoms with van der Waals surface area (Å²) in [6.07, 6.45) is -3.11. The molecule has 0 bridgehead atoms. The SMILES string of the molecule is O=S(=O)(c1c(F)cc(F)cc1F)N(CCO)CC(F)F. The molecule has 0 aliphatic heterocycles. The molecule has 10 heteroatoms. The van der Waals surface area contributed by atoms with Gasteiger partial charge in [0.15, 0.2) is 4.90 Å². The Morgan fingerprint density at radius 2 is 1.65 bits per heavy atom. The first-order valence-corrected chi connectivity index (χ1v) is 6.68. The lowest BCUT2D eigenvalue weighted by molar-refractivity contribution is 0.112. The van der Waals surface area contributed by atoms with Crippen molar-refractivity contribution in [3.8, 4) is 0 Å². The zero-order chi connectivity index (χ0) is 15.5. The molecule has 0 amide bonds. The quantitative estimate of drug-likeness (QED) is 0.805. The molecule has 0 unspecified atom stereocenters. The summed E-state index contributed by atoms with van der Waals surface area (Å²) in [4.78, 5) is -1.53. The van der Waals surface area contributed by atoms with Gasteiger partial charge in [0.2, 0.25) is 10.0 Å². The first kappa shape index (κ1) is 16.8. The van der Waals surface area contributed by atoms with Crippen molar-refractivity contribution in [2.45, 2.75) is 11.3 Å². The third-order valence-corrected chi connectivity index (χ3v) is 4.17. The molecule has 1 rings (SSSR count). The molecule has 20 heavy (non-hydrogen) atoms. The summed E-state index contributed by atoms with van der Waals surface area (Å²) in [5.74, 6) is -4.82. The maximum Gasteiger partial charge on any atom is 0.252 e. The number of alkyl halides is 2. The number of halogens is 5. The summed E-state index contributed by atoms with van der Waals surface area (Å²) in [7, 11) is -4.96. The molecule has 1 aromatic carbocycles. The van der Waals surface area contributed by atoms with Crippen LogP contribution in [0.3, 0.4) is 0 Å². The van der Waals surface area contributed by atoms with Crippen LogP contribution < -0.4 is 0 Å². The van der Waals surface area contributed by atoms with E-state index in [1.54, 1.807) is 0 Å². The molecule has 4 nitrogen and oxygen atoms in total. The minimum absolute atomic E-state index is 0.0249. The monoisotopic (exact) mass is 319 g/mol. The lowest BCUT2D eigenvalue weighted by Gasteiger charge is -2.21. The van der Waals surface area contributed by atoms with Gasteiger partial charge in [0.25, 0.3) is 6.43 Å². The van der Waals surface area contributed by atoms with Crippen molar-refractivity contribution in [2.24, 2.45) is 0 Å². The van der Waals surface area contributed by atoms with Gasteiger partial charge >= 0.3 is 0 Å². The van der Waals surface area contributed by atoms with E-state index in [4.69, 9.17) is 5.11 Å². The normalized spacial score (nSPS) is 12.4. The number of nitrogens with zero attached hydrogens (tertiary/aromatic N) is 1. The van der Waals surface area contributed by atoms with Crippen LogP contribution in [0.2, 0.25) is 0 Å². The van der Waals surface area contributed by atoms with Crippen LogP contribution in [0.15, 0.2) is 17.0 Å². The van der Waals surface area contributed by atoms with Crippen LogP contribution in [-0.2, 0) is 10.0 Å². The van der Waals surface area contributed by atoms with Crippen molar-refractivity contribution in [3.05, 3.63) is 29.6 Å². The molecule has 0 spiro atoms. The van der Waals surface area contributed by atoms with E-state index in [1.807, 2.05) is 0 Å². The Morgan fingerprint density at radius 3 is 2.05 bits per heavy atom. The smallest absolute Gasteiger partial charge is 0.252 e. The van der Waals surface area contributed by atoms with Crippen molar-refractivity contribution in [2.75, 3.05) is 19.7 Å². The van der Waals surface area contributed by atoms with Gasteiger partial charge in [-0.1, -0.05) is 0 Å². The Bertz CT molecular complexity index is 555. The first-order valence-electron chi connectivity index (χ1n) is 5.24. The summed E-state index contributed by atoms with van der Waals surface area (Å²) < 4.78 is 87.9. The van der Waals surface area contributed by atoms with E-state index in [-0.39, 0.29) is 16.4 Å². The largest absolute Gasteiger partial charge is 0.395 e. The lowest BCUT2D eigenvalue weighted by atomic mass is 10.3. The summed E-state index contributed by atoms with van der Waals surface area (Å²) in [5, 5.41) is 8.64. The molecule has 0 aliphatic carbocycles. The molecule has 0 saturated heterocycles. The Balaban J connectivity index is 3.33. The van der Waals surface area contributed by atoms with Crippen LogP contribution in [-0.4, -0.2) is 44.0 Å². The van der Waals surface area contributed by atoms with Gasteiger partial charge in [0, 0.05) is 18.7 Å². The fourth-order valence-electron chi connectivity index (χ4n) is 1.48. The van der Waals surface area contributed by atoms with Crippen molar-refractivity contribution < 1.29 is 35.5 Å². The second kappa shape index (κ2) is 6.46. The molecule has 1 N–H and O–H groups in total. The number of aliphatic hydroxyl groups excluding tert-OH is 1. The molecule has 1 aromatic rings. The predicted molar refractivity (Wildman–Crippen MR) is 58.2 cm³/mol. The number of benzene rings is 1. The summed E-state index contributed by atoms with van der Waals surface area (Å²) in [6.45, 7) is -2.95. The molecule has 0 atom stereocenters. The summed E-state index contributed by atoms with van der Waals surface area (Å²) >= 11 is 0. The summed E-state index contributed by atoms with van der Waals surface area (Å²) in [6, 6.07) is 0.241. The van der Waals surface area contributed by atoms with Crippen LogP contribution in [0.4, 0.5) is 22.0 Å². The Morgan fingerprint density at radius 1 is 1.15 bits per heavy atom. The maximum atomic E-state index is 13.4. The van der Waals surface area contributed by atoms with E-state index < -0.39 is 58.5 Å². The minimum atomic E-state index is -4.96. The zero-order valence-corrected chi connectivity index (χ0v) is 10.7. The number of aliphatic hydroxyl groups is 1. The van der Waals surface area contributed by atoms with Crippen molar-refractivity contribution in [1.29, 1.82) is 0 Å². The third-order valence-electron chi connectivity index (χ3n) is 2.25. The summed E-state index contributed by atoms with van der Waals surface area (Å²) in [5.41, 5.74) is 0. The highest BCUT2D eigenvalue weighted by Gasteiger charge is 2.32. The second-order valence-corrected chi connectivity index (χ2v) is 5.55. The Labute approximate surface area is 111 Å². The van der Waals surface area contributed by atoms with Gasteiger partial charge in [-0.3, -0.25) is 0 Å². The molecule has 0 heterocycles. The molecule has 0 aromatic heterocycles. The predicted octanol–water partition coefficient (Wildman–Crippen LogP) is 1.35. The van der Waals surface area contributed by atoms with Crippen LogP contribution >= 0.6 is 0 Å². The highest BCUT2D eigenvalue weighted by molar-refractivity contribution is 7.89. The van der Waals surface area contributed by atoms with E-state index in [0.717, 1.165) is 0 Å². The molecule has 0 saturated carbocycles. The van der Waals surface area contributed by atoms with Crippen molar-refractivity contribution in [3.63, 3.8) is 0 Å². The topological polar surface area (TPSA) is 57.6 Å². The van der Waals surface area contributed by atoms with Gasteiger partial charge in [-0.25, -0.2) is 30.4 Å².